The van der Waals surface area contributed by atoms with E-state index in [1.54, 1.807) is 21.6 Å². The third kappa shape index (κ3) is 4.65. The lowest BCUT2D eigenvalue weighted by Gasteiger charge is -2.41. The highest BCUT2D eigenvalue weighted by atomic mass is 32.2. The molecule has 0 saturated carbocycles. The molecular formula is C35H41N3O4S. The van der Waals surface area contributed by atoms with Crippen molar-refractivity contribution < 1.29 is 19.5 Å². The zero-order chi connectivity index (χ0) is 30.7. The molecule has 0 aliphatic carbocycles. The summed E-state index contributed by atoms with van der Waals surface area (Å²) in [6.07, 6.45) is 8.18. The molecular weight excluding hydrogens is 558 g/mol. The predicted molar refractivity (Wildman–Crippen MR) is 170 cm³/mol. The largest absolute Gasteiger partial charge is 0.394 e. The van der Waals surface area contributed by atoms with E-state index in [0.29, 0.717) is 19.6 Å². The summed E-state index contributed by atoms with van der Waals surface area (Å²) in [4.78, 5) is 49.5. The molecule has 2 aromatic carbocycles. The summed E-state index contributed by atoms with van der Waals surface area (Å²) in [7, 11) is 0. The second kappa shape index (κ2) is 11.0. The monoisotopic (exact) mass is 599 g/mol. The van der Waals surface area contributed by atoms with Crippen LogP contribution in [0.5, 0.6) is 0 Å². The van der Waals surface area contributed by atoms with Crippen molar-refractivity contribution in [1.29, 1.82) is 0 Å². The molecule has 4 heterocycles. The Balaban J connectivity index is 1.48. The normalized spacial score (nSPS) is 30.8. The number of amides is 3. The summed E-state index contributed by atoms with van der Waals surface area (Å²) in [5.41, 5.74) is 3.87. The summed E-state index contributed by atoms with van der Waals surface area (Å²) in [6, 6.07) is 14.5. The fraction of sp³-hybridized carbons (Fsp3) is 0.457. The van der Waals surface area contributed by atoms with Crippen LogP contribution in [0.25, 0.3) is 0 Å². The average molecular weight is 600 g/mol. The van der Waals surface area contributed by atoms with Crippen LogP contribution in [0.4, 0.5) is 5.69 Å². The van der Waals surface area contributed by atoms with Crippen molar-refractivity contribution in [2.75, 3.05) is 24.6 Å². The fourth-order valence-electron chi connectivity index (χ4n) is 7.66. The Kier molecular flexibility index (Phi) is 7.58. The quantitative estimate of drug-likeness (QED) is 0.495. The third-order valence-corrected chi connectivity index (χ3v) is 11.6. The van der Waals surface area contributed by atoms with Crippen molar-refractivity contribution in [3.8, 4) is 0 Å². The van der Waals surface area contributed by atoms with Gasteiger partial charge in [0.15, 0.2) is 0 Å². The molecule has 43 heavy (non-hydrogen) atoms. The fourth-order valence-corrected chi connectivity index (χ4v) is 9.81. The maximum absolute atomic E-state index is 14.9. The van der Waals surface area contributed by atoms with Crippen molar-refractivity contribution in [3.63, 3.8) is 0 Å². The molecule has 2 saturated heterocycles. The van der Waals surface area contributed by atoms with Gasteiger partial charge in [0.05, 0.1) is 29.2 Å². The van der Waals surface area contributed by atoms with Crippen molar-refractivity contribution in [1.82, 2.24) is 9.80 Å². The highest BCUT2D eigenvalue weighted by Crippen LogP contribution is 2.66. The van der Waals surface area contributed by atoms with Gasteiger partial charge in [0.25, 0.3) is 5.91 Å². The molecule has 1 spiro atoms. The molecule has 6 atom stereocenters. The number of aliphatic hydroxyl groups is 1. The third-order valence-electron chi connectivity index (χ3n) is 9.76. The summed E-state index contributed by atoms with van der Waals surface area (Å²) >= 11 is 1.58. The number of hydrogen-bond donors (Lipinski definition) is 1. The standard InChI is InChI=1S/C35H41N3O4S/c1-22(2)27(21-39)38-30-33(42)37(26-19-23(3)13-14-24(26)4)18-10-16-35(30)29(32(38)41)28-31(40)36(17-9-15-34(28,5)43-35)20-25-11-7-6-8-12-25/h6-16,19,22,27-30,39H,17-18,20-21H2,1-5H3/t27-,28-,29-,30?,34+,35-/m0/s1. The number of hydrogen-bond acceptors (Lipinski definition) is 5. The minimum Gasteiger partial charge on any atom is -0.394 e. The average Bonchev–Trinajstić information content (AvgIpc) is 3.24. The van der Waals surface area contributed by atoms with E-state index in [1.165, 1.54) is 0 Å². The Bertz CT molecular complexity index is 1510. The van der Waals surface area contributed by atoms with Gasteiger partial charge in [-0.15, -0.1) is 11.8 Å². The van der Waals surface area contributed by atoms with Gasteiger partial charge in [0.2, 0.25) is 11.8 Å². The first-order chi connectivity index (χ1) is 20.5. The molecule has 0 bridgehead atoms. The lowest BCUT2D eigenvalue weighted by Crippen LogP contribution is -2.58. The van der Waals surface area contributed by atoms with Gasteiger partial charge in [-0.05, 0) is 49.4 Å². The zero-order valence-electron chi connectivity index (χ0n) is 25.6. The number of fused-ring (bicyclic) bond motifs is 2. The van der Waals surface area contributed by atoms with Crippen LogP contribution in [0.15, 0.2) is 72.8 Å². The van der Waals surface area contributed by atoms with Crippen LogP contribution in [-0.4, -0.2) is 73.9 Å². The molecule has 3 amide bonds. The molecule has 4 aliphatic rings. The number of carbonyl (C=O) groups excluding carboxylic acids is 3. The number of rotatable bonds is 6. The Labute approximate surface area is 258 Å². The van der Waals surface area contributed by atoms with Gasteiger partial charge in [0, 0.05) is 30.1 Å². The Morgan fingerprint density at radius 1 is 0.930 bits per heavy atom. The van der Waals surface area contributed by atoms with E-state index in [4.69, 9.17) is 0 Å². The van der Waals surface area contributed by atoms with Crippen LogP contribution in [-0.2, 0) is 20.9 Å². The molecule has 226 valence electrons. The van der Waals surface area contributed by atoms with Gasteiger partial charge >= 0.3 is 0 Å². The summed E-state index contributed by atoms with van der Waals surface area (Å²) in [5, 5.41) is 10.6. The smallest absolute Gasteiger partial charge is 0.251 e. The second-order valence-corrected chi connectivity index (χ2v) is 14.8. The number of nitrogens with zero attached hydrogens (tertiary/aromatic N) is 3. The minimum atomic E-state index is -0.960. The van der Waals surface area contributed by atoms with E-state index in [0.717, 1.165) is 22.4 Å². The molecule has 4 aliphatic heterocycles. The number of anilines is 1. The summed E-state index contributed by atoms with van der Waals surface area (Å²) in [6.45, 7) is 11.0. The highest BCUT2D eigenvalue weighted by Gasteiger charge is 2.74. The second-order valence-electron chi connectivity index (χ2n) is 13.0. The first-order valence-corrected chi connectivity index (χ1v) is 16.0. The number of likely N-dealkylation sites (tertiary alicyclic amines) is 1. The van der Waals surface area contributed by atoms with E-state index in [-0.39, 0.29) is 30.2 Å². The number of carbonyl (C=O) groups is 3. The van der Waals surface area contributed by atoms with Gasteiger partial charge in [0.1, 0.15) is 6.04 Å². The summed E-state index contributed by atoms with van der Waals surface area (Å²) < 4.78 is -1.64. The molecule has 1 unspecified atom stereocenters. The molecule has 7 nitrogen and oxygen atoms in total. The Hall–Kier alpha value is -3.36. The molecule has 1 N–H and O–H groups in total. The zero-order valence-corrected chi connectivity index (χ0v) is 26.4. The van der Waals surface area contributed by atoms with Crippen molar-refractivity contribution >= 4 is 35.2 Å². The van der Waals surface area contributed by atoms with Gasteiger partial charge in [-0.3, -0.25) is 14.4 Å². The van der Waals surface area contributed by atoms with E-state index >= 15 is 0 Å². The van der Waals surface area contributed by atoms with Crippen LogP contribution < -0.4 is 4.90 Å². The molecule has 8 heteroatoms. The van der Waals surface area contributed by atoms with Gasteiger partial charge in [-0.1, -0.05) is 80.6 Å². The Morgan fingerprint density at radius 2 is 1.65 bits per heavy atom. The maximum atomic E-state index is 14.9. The lowest BCUT2D eigenvalue weighted by molar-refractivity contribution is -0.146. The first kappa shape index (κ1) is 29.7. The molecule has 0 aromatic heterocycles. The number of aryl methyl sites for hydroxylation is 2. The first-order valence-electron chi connectivity index (χ1n) is 15.2. The van der Waals surface area contributed by atoms with Crippen molar-refractivity contribution in [2.45, 2.75) is 62.7 Å². The molecule has 0 radical (unpaired) electrons. The van der Waals surface area contributed by atoms with Gasteiger partial charge in [-0.2, -0.15) is 0 Å². The van der Waals surface area contributed by atoms with Crippen molar-refractivity contribution in [3.05, 3.63) is 89.5 Å². The molecule has 6 rings (SSSR count). The van der Waals surface area contributed by atoms with Crippen LogP contribution in [0.2, 0.25) is 0 Å². The van der Waals surface area contributed by atoms with Crippen LogP contribution in [0, 0.1) is 31.6 Å². The van der Waals surface area contributed by atoms with E-state index < -0.39 is 33.4 Å². The van der Waals surface area contributed by atoms with Crippen LogP contribution in [0.3, 0.4) is 0 Å². The Morgan fingerprint density at radius 3 is 2.35 bits per heavy atom. The number of benzene rings is 2. The van der Waals surface area contributed by atoms with Gasteiger partial charge < -0.3 is 19.8 Å². The predicted octanol–water partition coefficient (Wildman–Crippen LogP) is 4.51. The van der Waals surface area contributed by atoms with Crippen LogP contribution in [0.1, 0.15) is 37.5 Å². The topological polar surface area (TPSA) is 81.2 Å². The summed E-state index contributed by atoms with van der Waals surface area (Å²) in [5.74, 6) is -1.94. The lowest BCUT2D eigenvalue weighted by atomic mass is 9.74. The minimum absolute atomic E-state index is 0.0683. The number of thioether (sulfide) groups is 1. The van der Waals surface area contributed by atoms with Crippen molar-refractivity contribution in [2.24, 2.45) is 17.8 Å². The molecule has 2 fully saturated rings. The SMILES string of the molecule is Cc1ccc(C)c(N2CC=C[C@]34S[C@]5(C)C=CCN(Cc6ccccc6)C(=O)[C@@H]5[C@H]3C(=O)N([C@@H](CO)C(C)C)C4C2=O)c1. The van der Waals surface area contributed by atoms with E-state index in [1.807, 2.05) is 106 Å². The van der Waals surface area contributed by atoms with E-state index in [2.05, 4.69) is 6.08 Å². The van der Waals surface area contributed by atoms with E-state index in [9.17, 15) is 19.5 Å². The van der Waals surface area contributed by atoms with Gasteiger partial charge in [-0.25, -0.2) is 0 Å². The highest BCUT2D eigenvalue weighted by molar-refractivity contribution is 8.02. The maximum Gasteiger partial charge on any atom is 0.251 e. The number of aliphatic hydroxyl groups excluding tert-OH is 1. The molecule has 2 aromatic rings. The van der Waals surface area contributed by atoms with Crippen LogP contribution >= 0.6 is 11.8 Å².